The molecule has 1 amide bonds. The molecule has 32 heavy (non-hydrogen) atoms. The standard InChI is InChI=1S/C22H29N5O4S/c1-15(28)18-7-3-4-8-19(18)23-20(29)16(2)32-22-25-24-21(26-9-12-30-13-10-26)27(22)14-17-6-5-11-31-17/h3-4,7-8,16-17H,5-6,9-14H2,1-2H3,(H,23,29). The van der Waals surface area contributed by atoms with Crippen LogP contribution < -0.4 is 10.2 Å². The van der Waals surface area contributed by atoms with Gasteiger partial charge >= 0.3 is 0 Å². The number of nitrogens with zero attached hydrogens (tertiary/aromatic N) is 4. The van der Waals surface area contributed by atoms with Crippen LogP contribution in [0.2, 0.25) is 0 Å². The Labute approximate surface area is 191 Å². The number of rotatable bonds is 8. The van der Waals surface area contributed by atoms with Crippen molar-refractivity contribution in [3.63, 3.8) is 0 Å². The molecule has 2 aliphatic rings. The highest BCUT2D eigenvalue weighted by Crippen LogP contribution is 2.29. The number of nitrogens with one attached hydrogen (secondary N) is 1. The second-order valence-electron chi connectivity index (χ2n) is 7.98. The average Bonchev–Trinajstić information content (AvgIpc) is 3.45. The van der Waals surface area contributed by atoms with Gasteiger partial charge in [-0.3, -0.25) is 14.2 Å². The molecule has 1 aromatic heterocycles. The van der Waals surface area contributed by atoms with E-state index in [9.17, 15) is 9.59 Å². The number of ketones is 1. The second-order valence-corrected chi connectivity index (χ2v) is 9.29. The first-order chi connectivity index (χ1) is 15.5. The van der Waals surface area contributed by atoms with Gasteiger partial charge in [0.1, 0.15) is 0 Å². The fourth-order valence-electron chi connectivity index (χ4n) is 3.86. The quantitative estimate of drug-likeness (QED) is 0.475. The molecule has 2 fully saturated rings. The zero-order chi connectivity index (χ0) is 22.5. The number of benzene rings is 1. The van der Waals surface area contributed by atoms with Crippen molar-refractivity contribution in [2.45, 2.75) is 49.7 Å². The summed E-state index contributed by atoms with van der Waals surface area (Å²) < 4.78 is 13.4. The SMILES string of the molecule is CC(=O)c1ccccc1NC(=O)C(C)Sc1nnc(N2CCOCC2)n1CC1CCCO1. The van der Waals surface area contributed by atoms with Crippen LogP contribution in [0.4, 0.5) is 11.6 Å². The highest BCUT2D eigenvalue weighted by Gasteiger charge is 2.27. The molecule has 2 saturated heterocycles. The predicted octanol–water partition coefficient (Wildman–Crippen LogP) is 2.62. The predicted molar refractivity (Wildman–Crippen MR) is 122 cm³/mol. The zero-order valence-corrected chi connectivity index (χ0v) is 19.3. The van der Waals surface area contributed by atoms with Crippen LogP contribution in [0.5, 0.6) is 0 Å². The van der Waals surface area contributed by atoms with Crippen LogP contribution in [0, 0.1) is 0 Å². The monoisotopic (exact) mass is 459 g/mol. The summed E-state index contributed by atoms with van der Waals surface area (Å²) in [5.74, 6) is 0.511. The maximum absolute atomic E-state index is 12.9. The van der Waals surface area contributed by atoms with Crippen LogP contribution >= 0.6 is 11.8 Å². The van der Waals surface area contributed by atoms with Crippen molar-refractivity contribution in [1.29, 1.82) is 0 Å². The fourth-order valence-corrected chi connectivity index (χ4v) is 4.72. The number of anilines is 2. The molecule has 0 bridgehead atoms. The van der Waals surface area contributed by atoms with Gasteiger partial charge in [0.05, 0.1) is 36.8 Å². The zero-order valence-electron chi connectivity index (χ0n) is 18.5. The van der Waals surface area contributed by atoms with E-state index in [0.717, 1.165) is 38.5 Å². The molecule has 2 aromatic rings. The Kier molecular flexibility index (Phi) is 7.44. The van der Waals surface area contributed by atoms with Gasteiger partial charge in [-0.1, -0.05) is 23.9 Å². The van der Waals surface area contributed by atoms with Crippen LogP contribution in [-0.2, 0) is 20.8 Å². The lowest BCUT2D eigenvalue weighted by molar-refractivity contribution is -0.115. The van der Waals surface area contributed by atoms with Crippen molar-refractivity contribution in [2.24, 2.45) is 0 Å². The minimum atomic E-state index is -0.431. The van der Waals surface area contributed by atoms with Crippen molar-refractivity contribution in [3.05, 3.63) is 29.8 Å². The largest absolute Gasteiger partial charge is 0.378 e. The summed E-state index contributed by atoms with van der Waals surface area (Å²) in [4.78, 5) is 26.9. The Bertz CT molecular complexity index is 954. The Hall–Kier alpha value is -2.43. The van der Waals surface area contributed by atoms with Crippen LogP contribution in [-0.4, -0.2) is 70.7 Å². The number of Topliss-reactive ketones (excluding diaryl/α,β-unsaturated/α-hetero) is 1. The number of thioether (sulfide) groups is 1. The van der Waals surface area contributed by atoms with Crippen molar-refractivity contribution in [2.75, 3.05) is 43.1 Å². The number of ether oxygens (including phenoxy) is 2. The molecule has 2 aliphatic heterocycles. The summed E-state index contributed by atoms with van der Waals surface area (Å²) in [7, 11) is 0. The lowest BCUT2D eigenvalue weighted by Crippen LogP contribution is -2.38. The number of hydrogen-bond acceptors (Lipinski definition) is 8. The highest BCUT2D eigenvalue weighted by molar-refractivity contribution is 8.00. The number of amides is 1. The van der Waals surface area contributed by atoms with Crippen LogP contribution in [0.25, 0.3) is 0 Å². The van der Waals surface area contributed by atoms with Gasteiger partial charge in [0.25, 0.3) is 0 Å². The number of para-hydroxylation sites is 1. The molecule has 1 aromatic carbocycles. The van der Waals surface area contributed by atoms with Crippen molar-refractivity contribution >= 4 is 35.1 Å². The molecule has 1 N–H and O–H groups in total. The van der Waals surface area contributed by atoms with E-state index in [1.54, 1.807) is 24.3 Å². The third-order valence-corrected chi connectivity index (χ3v) is 6.70. The second kappa shape index (κ2) is 10.5. The van der Waals surface area contributed by atoms with Gasteiger partial charge in [0, 0.05) is 25.3 Å². The Morgan fingerprint density at radius 3 is 2.72 bits per heavy atom. The van der Waals surface area contributed by atoms with E-state index in [1.807, 2.05) is 6.92 Å². The lowest BCUT2D eigenvalue weighted by Gasteiger charge is -2.28. The maximum atomic E-state index is 12.9. The van der Waals surface area contributed by atoms with Gasteiger partial charge < -0.3 is 19.7 Å². The minimum absolute atomic E-state index is 0.0901. The highest BCUT2D eigenvalue weighted by atomic mass is 32.2. The number of morpholine rings is 1. The average molecular weight is 460 g/mol. The molecule has 10 heteroatoms. The molecular formula is C22H29N5O4S. The van der Waals surface area contributed by atoms with Crippen molar-refractivity contribution < 1.29 is 19.1 Å². The third-order valence-electron chi connectivity index (χ3n) is 5.62. The van der Waals surface area contributed by atoms with Gasteiger partial charge in [-0.2, -0.15) is 0 Å². The lowest BCUT2D eigenvalue weighted by atomic mass is 10.1. The van der Waals surface area contributed by atoms with Crippen LogP contribution in [0.15, 0.2) is 29.4 Å². The van der Waals surface area contributed by atoms with Gasteiger partial charge in [-0.25, -0.2) is 0 Å². The van der Waals surface area contributed by atoms with Crippen LogP contribution in [0.3, 0.4) is 0 Å². The van der Waals surface area contributed by atoms with Gasteiger partial charge in [-0.05, 0) is 38.8 Å². The summed E-state index contributed by atoms with van der Waals surface area (Å²) in [6.45, 7) is 7.57. The Morgan fingerprint density at radius 1 is 1.22 bits per heavy atom. The third kappa shape index (κ3) is 5.31. The molecule has 0 spiro atoms. The molecule has 9 nitrogen and oxygen atoms in total. The molecule has 0 saturated carbocycles. The van der Waals surface area contributed by atoms with E-state index in [1.165, 1.54) is 18.7 Å². The minimum Gasteiger partial charge on any atom is -0.378 e. The molecule has 0 aliphatic carbocycles. The molecular weight excluding hydrogens is 430 g/mol. The van der Waals surface area contributed by atoms with Crippen LogP contribution in [0.1, 0.15) is 37.0 Å². The van der Waals surface area contributed by atoms with Gasteiger partial charge in [0.15, 0.2) is 10.9 Å². The smallest absolute Gasteiger partial charge is 0.237 e. The van der Waals surface area contributed by atoms with E-state index in [-0.39, 0.29) is 17.8 Å². The fraction of sp³-hybridized carbons (Fsp3) is 0.545. The Morgan fingerprint density at radius 2 is 2.00 bits per heavy atom. The molecule has 3 heterocycles. The van der Waals surface area contributed by atoms with Gasteiger partial charge in [0.2, 0.25) is 11.9 Å². The molecule has 0 radical (unpaired) electrons. The van der Waals surface area contributed by atoms with Crippen molar-refractivity contribution in [3.8, 4) is 0 Å². The summed E-state index contributed by atoms with van der Waals surface area (Å²) in [6.07, 6.45) is 2.18. The maximum Gasteiger partial charge on any atom is 0.237 e. The first kappa shape index (κ1) is 22.8. The molecule has 2 unspecified atom stereocenters. The molecule has 4 rings (SSSR count). The molecule has 172 valence electrons. The number of carbonyl (C=O) groups excluding carboxylic acids is 2. The van der Waals surface area contributed by atoms with Crippen molar-refractivity contribution in [1.82, 2.24) is 14.8 Å². The summed E-state index contributed by atoms with van der Waals surface area (Å²) in [5, 5.41) is 12.0. The summed E-state index contributed by atoms with van der Waals surface area (Å²) >= 11 is 1.36. The Balaban J connectivity index is 1.50. The van der Waals surface area contributed by atoms with Gasteiger partial charge in [-0.15, -0.1) is 10.2 Å². The number of hydrogen-bond donors (Lipinski definition) is 1. The number of carbonyl (C=O) groups is 2. The normalized spacial score (nSPS) is 19.7. The van der Waals surface area contributed by atoms with E-state index < -0.39 is 5.25 Å². The first-order valence-corrected chi connectivity index (χ1v) is 11.9. The molecule has 2 atom stereocenters. The first-order valence-electron chi connectivity index (χ1n) is 11.0. The van der Waals surface area contributed by atoms with E-state index in [4.69, 9.17) is 9.47 Å². The van der Waals surface area contributed by atoms with E-state index in [0.29, 0.717) is 36.2 Å². The van der Waals surface area contributed by atoms with E-state index >= 15 is 0 Å². The number of aromatic nitrogens is 3. The summed E-state index contributed by atoms with van der Waals surface area (Å²) in [5.41, 5.74) is 1.02. The summed E-state index contributed by atoms with van der Waals surface area (Å²) in [6, 6.07) is 7.03. The topological polar surface area (TPSA) is 98.6 Å². The van der Waals surface area contributed by atoms with E-state index in [2.05, 4.69) is 25.0 Å².